The molecule has 1 aliphatic carbocycles. The molecule has 0 bridgehead atoms. The van der Waals surface area contributed by atoms with Crippen LogP contribution in [0.15, 0.2) is 18.2 Å². The molecule has 1 N–H and O–H groups in total. The summed E-state index contributed by atoms with van der Waals surface area (Å²) in [6.45, 7) is 1.88. The maximum atomic E-state index is 12.1. The van der Waals surface area contributed by atoms with Crippen LogP contribution in [0, 0.1) is 5.92 Å². The molecule has 3 rings (SSSR count). The van der Waals surface area contributed by atoms with Gasteiger partial charge < -0.3 is 5.32 Å². The highest BCUT2D eigenvalue weighted by Gasteiger charge is 2.22. The molecule has 1 heterocycles. The van der Waals surface area contributed by atoms with Crippen molar-refractivity contribution < 1.29 is 4.79 Å². The average Bonchev–Trinajstić information content (AvgIpc) is 2.99. The predicted octanol–water partition coefficient (Wildman–Crippen LogP) is 1.90. The second-order valence-corrected chi connectivity index (χ2v) is 5.29. The Hall–Kier alpha value is -1.15. The van der Waals surface area contributed by atoms with E-state index in [-0.39, 0.29) is 5.92 Å². The smallest absolute Gasteiger partial charge is 0.141 e. The Bertz CT molecular complexity index is 433. The fourth-order valence-electron chi connectivity index (χ4n) is 3.01. The molecule has 2 nitrogen and oxygen atoms in total. The van der Waals surface area contributed by atoms with Crippen molar-refractivity contribution in [3.63, 3.8) is 0 Å². The Morgan fingerprint density at radius 1 is 1.29 bits per heavy atom. The molecule has 1 aromatic carbocycles. The van der Waals surface area contributed by atoms with Gasteiger partial charge in [-0.05, 0) is 48.9 Å². The lowest BCUT2D eigenvalue weighted by atomic mass is 9.95. The van der Waals surface area contributed by atoms with E-state index in [1.165, 1.54) is 36.0 Å². The molecule has 17 heavy (non-hydrogen) atoms. The summed E-state index contributed by atoms with van der Waals surface area (Å²) in [4.78, 5) is 12.1. The first-order chi connectivity index (χ1) is 8.33. The van der Waals surface area contributed by atoms with E-state index in [1.807, 2.05) is 0 Å². The lowest BCUT2D eigenvalue weighted by molar-refractivity contribution is -0.121. The highest BCUT2D eigenvalue weighted by molar-refractivity contribution is 5.83. The zero-order valence-corrected chi connectivity index (χ0v) is 10.2. The molecule has 0 saturated carbocycles. The van der Waals surface area contributed by atoms with E-state index in [0.717, 1.165) is 19.5 Å². The van der Waals surface area contributed by atoms with Crippen molar-refractivity contribution in [3.05, 3.63) is 34.9 Å². The highest BCUT2D eigenvalue weighted by Crippen LogP contribution is 2.23. The monoisotopic (exact) mass is 229 g/mol. The predicted molar refractivity (Wildman–Crippen MR) is 68.2 cm³/mol. The fraction of sp³-hybridized carbons (Fsp3) is 0.533. The lowest BCUT2D eigenvalue weighted by Crippen LogP contribution is -2.19. The van der Waals surface area contributed by atoms with Crippen LogP contribution in [0.5, 0.6) is 0 Å². The van der Waals surface area contributed by atoms with Crippen LogP contribution in [0.1, 0.15) is 29.5 Å². The number of ketones is 1. The first-order valence-electron chi connectivity index (χ1n) is 6.67. The summed E-state index contributed by atoms with van der Waals surface area (Å²) in [7, 11) is 0. The van der Waals surface area contributed by atoms with Crippen molar-refractivity contribution in [2.45, 2.75) is 32.1 Å². The van der Waals surface area contributed by atoms with Gasteiger partial charge in [-0.2, -0.15) is 0 Å². The van der Waals surface area contributed by atoms with Crippen LogP contribution >= 0.6 is 0 Å². The molecule has 2 aliphatic rings. The van der Waals surface area contributed by atoms with Crippen molar-refractivity contribution in [1.29, 1.82) is 0 Å². The molecule has 0 aromatic heterocycles. The molecule has 0 radical (unpaired) electrons. The first kappa shape index (κ1) is 11.0. The van der Waals surface area contributed by atoms with Crippen LogP contribution in [0.3, 0.4) is 0 Å². The standard InChI is InChI=1S/C15H19NO/c17-15(14-6-7-16-10-14)9-11-4-5-12-2-1-3-13(12)8-11/h4-5,8,14,16H,1-3,6-7,9-10H2. The second kappa shape index (κ2) is 4.61. The molecule has 1 unspecified atom stereocenters. The topological polar surface area (TPSA) is 29.1 Å². The van der Waals surface area contributed by atoms with Gasteiger partial charge >= 0.3 is 0 Å². The minimum absolute atomic E-state index is 0.253. The van der Waals surface area contributed by atoms with Crippen molar-refractivity contribution in [2.75, 3.05) is 13.1 Å². The minimum Gasteiger partial charge on any atom is -0.316 e. The van der Waals surface area contributed by atoms with E-state index >= 15 is 0 Å². The number of fused-ring (bicyclic) bond motifs is 1. The third-order valence-electron chi connectivity index (χ3n) is 4.06. The number of carbonyl (C=O) groups excluding carboxylic acids is 1. The second-order valence-electron chi connectivity index (χ2n) is 5.29. The summed E-state index contributed by atoms with van der Waals surface area (Å²) in [5.74, 6) is 0.663. The number of rotatable bonds is 3. The summed E-state index contributed by atoms with van der Waals surface area (Å²) in [5, 5.41) is 3.26. The van der Waals surface area contributed by atoms with E-state index in [9.17, 15) is 4.79 Å². The van der Waals surface area contributed by atoms with E-state index in [4.69, 9.17) is 0 Å². The van der Waals surface area contributed by atoms with Gasteiger partial charge in [0.05, 0.1) is 0 Å². The minimum atomic E-state index is 0.253. The summed E-state index contributed by atoms with van der Waals surface area (Å²) >= 11 is 0. The van der Waals surface area contributed by atoms with E-state index in [0.29, 0.717) is 12.2 Å². The Morgan fingerprint density at radius 2 is 2.18 bits per heavy atom. The van der Waals surface area contributed by atoms with Crippen molar-refractivity contribution in [2.24, 2.45) is 5.92 Å². The van der Waals surface area contributed by atoms with E-state index in [1.54, 1.807) is 0 Å². The maximum absolute atomic E-state index is 12.1. The first-order valence-corrected chi connectivity index (χ1v) is 6.67. The molecule has 1 aliphatic heterocycles. The van der Waals surface area contributed by atoms with Crippen LogP contribution in [0.25, 0.3) is 0 Å². The number of nitrogens with one attached hydrogen (secondary N) is 1. The molecule has 2 heteroatoms. The van der Waals surface area contributed by atoms with Gasteiger partial charge in [0.15, 0.2) is 0 Å². The zero-order chi connectivity index (χ0) is 11.7. The van der Waals surface area contributed by atoms with Gasteiger partial charge in [-0.25, -0.2) is 0 Å². The van der Waals surface area contributed by atoms with Crippen LogP contribution in [-0.4, -0.2) is 18.9 Å². The highest BCUT2D eigenvalue weighted by atomic mass is 16.1. The van der Waals surface area contributed by atoms with Gasteiger partial charge in [-0.3, -0.25) is 4.79 Å². The molecule has 0 amide bonds. The largest absolute Gasteiger partial charge is 0.316 e. The summed E-state index contributed by atoms with van der Waals surface area (Å²) in [6.07, 6.45) is 5.33. The number of hydrogen-bond donors (Lipinski definition) is 1. The Kier molecular flexibility index (Phi) is 2.98. The summed E-state index contributed by atoms with van der Waals surface area (Å²) in [6, 6.07) is 6.62. The Balaban J connectivity index is 1.70. The number of Topliss-reactive ketones (excluding diaryl/α,β-unsaturated/α-hetero) is 1. The van der Waals surface area contributed by atoms with Crippen molar-refractivity contribution >= 4 is 5.78 Å². The van der Waals surface area contributed by atoms with Crippen LogP contribution < -0.4 is 5.32 Å². The number of aryl methyl sites for hydroxylation is 2. The Morgan fingerprint density at radius 3 is 3.00 bits per heavy atom. The number of hydrogen-bond acceptors (Lipinski definition) is 2. The Labute approximate surface area is 102 Å². The van der Waals surface area contributed by atoms with Gasteiger partial charge in [-0.1, -0.05) is 18.2 Å². The molecular weight excluding hydrogens is 210 g/mol. The third kappa shape index (κ3) is 2.27. The third-order valence-corrected chi connectivity index (χ3v) is 4.06. The van der Waals surface area contributed by atoms with Crippen molar-refractivity contribution in [3.8, 4) is 0 Å². The van der Waals surface area contributed by atoms with Gasteiger partial charge in [0.2, 0.25) is 0 Å². The maximum Gasteiger partial charge on any atom is 0.141 e. The zero-order valence-electron chi connectivity index (χ0n) is 10.2. The van der Waals surface area contributed by atoms with Crippen molar-refractivity contribution in [1.82, 2.24) is 5.32 Å². The molecule has 1 atom stereocenters. The fourth-order valence-corrected chi connectivity index (χ4v) is 3.01. The molecule has 1 saturated heterocycles. The molecule has 1 fully saturated rings. The lowest BCUT2D eigenvalue weighted by Gasteiger charge is -2.08. The molecule has 0 spiro atoms. The molecular formula is C15H19NO. The summed E-state index contributed by atoms with van der Waals surface area (Å²) < 4.78 is 0. The quantitative estimate of drug-likeness (QED) is 0.857. The normalized spacial score (nSPS) is 22.7. The van der Waals surface area contributed by atoms with Gasteiger partial charge in [0, 0.05) is 18.9 Å². The number of carbonyl (C=O) groups is 1. The SMILES string of the molecule is O=C(Cc1ccc2c(c1)CCC2)C1CCNC1. The number of benzene rings is 1. The van der Waals surface area contributed by atoms with Gasteiger partial charge in [-0.15, -0.1) is 0 Å². The molecule has 1 aromatic rings. The van der Waals surface area contributed by atoms with Gasteiger partial charge in [0.25, 0.3) is 0 Å². The van der Waals surface area contributed by atoms with Crippen LogP contribution in [0.2, 0.25) is 0 Å². The van der Waals surface area contributed by atoms with Crippen LogP contribution in [-0.2, 0) is 24.1 Å². The van der Waals surface area contributed by atoms with Gasteiger partial charge in [0.1, 0.15) is 5.78 Å². The summed E-state index contributed by atoms with van der Waals surface area (Å²) in [5.41, 5.74) is 4.17. The van der Waals surface area contributed by atoms with E-state index in [2.05, 4.69) is 23.5 Å². The average molecular weight is 229 g/mol. The van der Waals surface area contributed by atoms with E-state index < -0.39 is 0 Å². The van der Waals surface area contributed by atoms with Crippen LogP contribution in [0.4, 0.5) is 0 Å². The molecule has 90 valence electrons.